The Morgan fingerprint density at radius 1 is 1.40 bits per heavy atom. The molecule has 2 aliphatic rings. The van der Waals surface area contributed by atoms with Gasteiger partial charge in [0.05, 0.1) is 16.5 Å². The van der Waals surface area contributed by atoms with E-state index in [4.69, 9.17) is 21.1 Å². The van der Waals surface area contributed by atoms with Gasteiger partial charge in [-0.2, -0.15) is 0 Å². The molecule has 1 saturated heterocycles. The van der Waals surface area contributed by atoms with E-state index in [0.29, 0.717) is 22.9 Å². The van der Waals surface area contributed by atoms with E-state index in [1.54, 1.807) is 0 Å². The Labute approximate surface area is 123 Å². The molecule has 2 unspecified atom stereocenters. The fraction of sp³-hybridized carbons (Fsp3) is 0.538. The van der Waals surface area contributed by atoms with E-state index >= 15 is 0 Å². The van der Waals surface area contributed by atoms with Crippen LogP contribution in [0.15, 0.2) is 12.1 Å². The lowest BCUT2D eigenvalue weighted by Crippen LogP contribution is -2.26. The molecule has 1 aromatic carbocycles. The van der Waals surface area contributed by atoms with Crippen LogP contribution in [0.4, 0.5) is 0 Å². The second kappa shape index (κ2) is 5.09. The van der Waals surface area contributed by atoms with Crippen molar-refractivity contribution in [2.75, 3.05) is 25.3 Å². The third-order valence-corrected chi connectivity index (χ3v) is 5.93. The second-order valence-corrected chi connectivity index (χ2v) is 7.80. The average molecular weight is 318 g/mol. The zero-order chi connectivity index (χ0) is 14.3. The summed E-state index contributed by atoms with van der Waals surface area (Å²) in [5.74, 6) is 1.71. The molecule has 0 aromatic heterocycles. The van der Waals surface area contributed by atoms with Crippen molar-refractivity contribution in [3.8, 4) is 11.5 Å². The SMILES string of the molecule is CNC(c1cc(Cl)c2c(c1)OCO2)C1CCS(=O)(=O)C1. The van der Waals surface area contributed by atoms with Crippen molar-refractivity contribution in [3.63, 3.8) is 0 Å². The van der Waals surface area contributed by atoms with Crippen LogP contribution in [-0.4, -0.2) is 33.8 Å². The van der Waals surface area contributed by atoms with Gasteiger partial charge in [-0.05, 0) is 37.1 Å². The molecule has 20 heavy (non-hydrogen) atoms. The molecule has 0 bridgehead atoms. The van der Waals surface area contributed by atoms with Gasteiger partial charge >= 0.3 is 0 Å². The van der Waals surface area contributed by atoms with Crippen LogP contribution in [0.25, 0.3) is 0 Å². The number of fused-ring (bicyclic) bond motifs is 1. The van der Waals surface area contributed by atoms with Gasteiger partial charge in [-0.3, -0.25) is 0 Å². The topological polar surface area (TPSA) is 64.6 Å². The Balaban J connectivity index is 1.92. The lowest BCUT2D eigenvalue weighted by Gasteiger charge is -2.23. The summed E-state index contributed by atoms with van der Waals surface area (Å²) in [7, 11) is -1.08. The van der Waals surface area contributed by atoms with Crippen LogP contribution < -0.4 is 14.8 Å². The third kappa shape index (κ3) is 2.47. The summed E-state index contributed by atoms with van der Waals surface area (Å²) >= 11 is 6.19. The first-order chi connectivity index (χ1) is 9.50. The van der Waals surface area contributed by atoms with Gasteiger partial charge in [0.25, 0.3) is 0 Å². The summed E-state index contributed by atoms with van der Waals surface area (Å²) in [6.07, 6.45) is 0.667. The van der Waals surface area contributed by atoms with Crippen LogP contribution in [0.1, 0.15) is 18.0 Å². The highest BCUT2D eigenvalue weighted by Gasteiger charge is 2.34. The largest absolute Gasteiger partial charge is 0.454 e. The fourth-order valence-electron chi connectivity index (χ4n) is 2.93. The molecule has 1 N–H and O–H groups in total. The monoisotopic (exact) mass is 317 g/mol. The van der Waals surface area contributed by atoms with Crippen molar-refractivity contribution in [1.29, 1.82) is 0 Å². The molecule has 7 heteroatoms. The number of nitrogens with one attached hydrogen (secondary N) is 1. The van der Waals surface area contributed by atoms with Crippen molar-refractivity contribution in [2.24, 2.45) is 5.92 Å². The Morgan fingerprint density at radius 3 is 2.85 bits per heavy atom. The number of rotatable bonds is 3. The van der Waals surface area contributed by atoms with E-state index in [-0.39, 0.29) is 30.3 Å². The summed E-state index contributed by atoms with van der Waals surface area (Å²) in [5.41, 5.74) is 0.934. The number of halogens is 1. The Morgan fingerprint density at radius 2 is 2.20 bits per heavy atom. The first-order valence-corrected chi connectivity index (χ1v) is 8.67. The quantitative estimate of drug-likeness (QED) is 0.920. The minimum absolute atomic E-state index is 0.0562. The number of hydrogen-bond acceptors (Lipinski definition) is 5. The summed E-state index contributed by atoms with van der Waals surface area (Å²) in [6.45, 7) is 0.167. The van der Waals surface area contributed by atoms with Crippen molar-refractivity contribution in [2.45, 2.75) is 12.5 Å². The molecular formula is C13H16ClNO4S. The van der Waals surface area contributed by atoms with Gasteiger partial charge in [-0.1, -0.05) is 11.6 Å². The maximum atomic E-state index is 11.6. The van der Waals surface area contributed by atoms with Crippen molar-refractivity contribution >= 4 is 21.4 Å². The molecular weight excluding hydrogens is 302 g/mol. The van der Waals surface area contributed by atoms with Gasteiger partial charge in [0.15, 0.2) is 21.3 Å². The highest BCUT2D eigenvalue weighted by molar-refractivity contribution is 7.91. The smallest absolute Gasteiger partial charge is 0.231 e. The Kier molecular flexibility index (Phi) is 3.56. The van der Waals surface area contributed by atoms with Crippen LogP contribution >= 0.6 is 11.6 Å². The summed E-state index contributed by atoms with van der Waals surface area (Å²) in [5, 5.41) is 3.69. The number of benzene rings is 1. The average Bonchev–Trinajstić information content (AvgIpc) is 2.97. The van der Waals surface area contributed by atoms with E-state index < -0.39 is 9.84 Å². The van der Waals surface area contributed by atoms with Crippen LogP contribution in [0.2, 0.25) is 5.02 Å². The van der Waals surface area contributed by atoms with E-state index in [1.807, 2.05) is 19.2 Å². The molecule has 0 spiro atoms. The number of sulfone groups is 1. The normalized spacial score (nSPS) is 24.8. The molecule has 0 saturated carbocycles. The predicted molar refractivity (Wildman–Crippen MR) is 76.1 cm³/mol. The van der Waals surface area contributed by atoms with E-state index in [0.717, 1.165) is 5.56 Å². The van der Waals surface area contributed by atoms with Gasteiger partial charge in [-0.25, -0.2) is 8.42 Å². The minimum Gasteiger partial charge on any atom is -0.454 e. The van der Waals surface area contributed by atoms with Crippen molar-refractivity contribution in [1.82, 2.24) is 5.32 Å². The van der Waals surface area contributed by atoms with E-state index in [1.165, 1.54) is 0 Å². The van der Waals surface area contributed by atoms with E-state index in [9.17, 15) is 8.42 Å². The highest BCUT2D eigenvalue weighted by Crippen LogP contribution is 2.43. The number of ether oxygens (including phenoxy) is 2. The molecule has 5 nitrogen and oxygen atoms in total. The van der Waals surface area contributed by atoms with Crippen LogP contribution in [0, 0.1) is 5.92 Å². The molecule has 2 aliphatic heterocycles. The van der Waals surface area contributed by atoms with Gasteiger partial charge in [0.2, 0.25) is 6.79 Å². The summed E-state index contributed by atoms with van der Waals surface area (Å²) in [4.78, 5) is 0. The molecule has 1 fully saturated rings. The minimum atomic E-state index is -2.91. The third-order valence-electron chi connectivity index (χ3n) is 3.86. The lowest BCUT2D eigenvalue weighted by molar-refractivity contribution is 0.174. The molecule has 1 aromatic rings. The predicted octanol–water partition coefficient (Wildman–Crippen LogP) is 1.76. The summed E-state index contributed by atoms with van der Waals surface area (Å²) < 4.78 is 33.9. The number of hydrogen-bond donors (Lipinski definition) is 1. The maximum Gasteiger partial charge on any atom is 0.231 e. The Bertz CT molecular complexity index is 632. The second-order valence-electron chi connectivity index (χ2n) is 5.17. The molecule has 2 heterocycles. The van der Waals surface area contributed by atoms with Crippen LogP contribution in [0.5, 0.6) is 11.5 Å². The highest BCUT2D eigenvalue weighted by atomic mass is 35.5. The van der Waals surface area contributed by atoms with E-state index in [2.05, 4.69) is 5.32 Å². The fourth-order valence-corrected chi connectivity index (χ4v) is 5.04. The molecule has 0 aliphatic carbocycles. The zero-order valence-corrected chi connectivity index (χ0v) is 12.6. The molecule has 110 valence electrons. The van der Waals surface area contributed by atoms with Gasteiger partial charge in [-0.15, -0.1) is 0 Å². The molecule has 3 rings (SSSR count). The molecule has 2 atom stereocenters. The Hall–Kier alpha value is -0.980. The first kappa shape index (κ1) is 14.0. The van der Waals surface area contributed by atoms with Crippen molar-refractivity contribution in [3.05, 3.63) is 22.7 Å². The lowest BCUT2D eigenvalue weighted by atomic mass is 9.92. The maximum absolute atomic E-state index is 11.6. The van der Waals surface area contributed by atoms with Gasteiger partial charge in [0.1, 0.15) is 0 Å². The van der Waals surface area contributed by atoms with Crippen molar-refractivity contribution < 1.29 is 17.9 Å². The van der Waals surface area contributed by atoms with Crippen LogP contribution in [-0.2, 0) is 9.84 Å². The standard InChI is InChI=1S/C13H16ClNO4S/c1-15-12(8-2-3-20(16,17)6-8)9-4-10(14)13-11(5-9)18-7-19-13/h4-5,8,12,15H,2-3,6-7H2,1H3. The molecule has 0 radical (unpaired) electrons. The first-order valence-electron chi connectivity index (χ1n) is 6.47. The molecule has 0 amide bonds. The van der Waals surface area contributed by atoms with Gasteiger partial charge < -0.3 is 14.8 Å². The summed E-state index contributed by atoms with van der Waals surface area (Å²) in [6, 6.07) is 3.64. The zero-order valence-electron chi connectivity index (χ0n) is 11.1. The van der Waals surface area contributed by atoms with Crippen LogP contribution in [0.3, 0.4) is 0 Å². The van der Waals surface area contributed by atoms with Gasteiger partial charge in [0, 0.05) is 6.04 Å².